The Kier molecular flexibility index (Phi) is 4.59. The molecule has 0 aliphatic carbocycles. The van der Waals surface area contributed by atoms with Crippen LogP contribution in [0, 0.1) is 12.4 Å². The predicted molar refractivity (Wildman–Crippen MR) is 80.0 cm³/mol. The summed E-state index contributed by atoms with van der Waals surface area (Å²) in [7, 11) is -4.43. The van der Waals surface area contributed by atoms with Crippen LogP contribution in [0.4, 0.5) is 0 Å². The van der Waals surface area contributed by atoms with E-state index in [-0.39, 0.29) is 16.7 Å². The molecule has 0 unspecified atom stereocenters. The Morgan fingerprint density at radius 1 is 0.960 bits per heavy atom. The summed E-state index contributed by atoms with van der Waals surface area (Å²) >= 11 is 5.78. The van der Waals surface area contributed by atoms with Crippen molar-refractivity contribution in [3.8, 4) is 0 Å². The van der Waals surface area contributed by atoms with Crippen LogP contribution in [-0.2, 0) is 13.6 Å². The fraction of sp³-hybridized carbons (Fsp3) is 0. The van der Waals surface area contributed by atoms with Gasteiger partial charge in [0.15, 0.2) is 0 Å². The van der Waals surface area contributed by atoms with E-state index in [4.69, 9.17) is 20.6 Å². The van der Waals surface area contributed by atoms with Gasteiger partial charge in [-0.05, 0) is 35.7 Å². The number of rotatable bonds is 5. The van der Waals surface area contributed by atoms with Gasteiger partial charge in [0.2, 0.25) is 11.9 Å². The van der Waals surface area contributed by atoms with Crippen molar-refractivity contribution in [1.29, 1.82) is 0 Å². The standard InChI is InChI=1S/C12H6ClN6O5P/c13-7-1-3-8(4-2-7)25(22,23-11(20)9-5-14-18-16-9)24-12(21)10-6-15-19-17-10/h1-4H,(H,14,16,18)(H,15,17,19)/q-2. The average molecular weight is 381 g/mol. The van der Waals surface area contributed by atoms with Gasteiger partial charge >= 0.3 is 7.60 Å². The molecule has 0 radical (unpaired) electrons. The zero-order chi connectivity index (χ0) is 17.9. The van der Waals surface area contributed by atoms with Crippen LogP contribution in [0.15, 0.2) is 24.3 Å². The molecule has 11 nitrogen and oxygen atoms in total. The molecule has 0 atom stereocenters. The number of hydrogen-bond acceptors (Lipinski definition) is 9. The van der Waals surface area contributed by atoms with Crippen molar-refractivity contribution in [2.24, 2.45) is 0 Å². The Labute approximate surface area is 144 Å². The summed E-state index contributed by atoms with van der Waals surface area (Å²) in [5.41, 5.74) is -0.611. The third kappa shape index (κ3) is 3.73. The molecule has 0 amide bonds. The van der Waals surface area contributed by atoms with Gasteiger partial charge in [-0.1, -0.05) is 34.4 Å². The third-order valence-electron chi connectivity index (χ3n) is 2.70. The van der Waals surface area contributed by atoms with E-state index < -0.39 is 19.5 Å². The van der Waals surface area contributed by atoms with Gasteiger partial charge in [-0.25, -0.2) is 14.8 Å². The summed E-state index contributed by atoms with van der Waals surface area (Å²) in [6.07, 6.45) is 4.39. The molecule has 1 aromatic carbocycles. The molecule has 13 heteroatoms. The molecular weight excluding hydrogens is 375 g/mol. The highest BCUT2D eigenvalue weighted by Gasteiger charge is 2.30. The summed E-state index contributed by atoms with van der Waals surface area (Å²) < 4.78 is 22.9. The Bertz CT molecular complexity index is 875. The molecular formula is C12H6ClN6O5P-2. The second-order valence-electron chi connectivity index (χ2n) is 4.33. The SMILES string of the molecule is O=C(OP(=O)(OC(=O)c1[c-]nn[nH]1)c1ccc(Cl)cc1)c1[c-]nn[nH]1. The molecule has 0 saturated carbocycles. The molecule has 0 saturated heterocycles. The summed E-state index contributed by atoms with van der Waals surface area (Å²) in [5, 5.41) is 17.8. The van der Waals surface area contributed by atoms with Crippen molar-refractivity contribution in [1.82, 2.24) is 30.8 Å². The number of carbonyl (C=O) groups excluding carboxylic acids is 2. The maximum atomic E-state index is 13.1. The average Bonchev–Trinajstić information content (AvgIpc) is 3.29. The number of aromatic nitrogens is 6. The number of aromatic amines is 2. The molecule has 128 valence electrons. The van der Waals surface area contributed by atoms with Crippen molar-refractivity contribution in [3.05, 3.63) is 53.1 Å². The van der Waals surface area contributed by atoms with Crippen LogP contribution in [0.5, 0.6) is 0 Å². The van der Waals surface area contributed by atoms with Crippen molar-refractivity contribution < 1.29 is 23.2 Å². The summed E-state index contributed by atoms with van der Waals surface area (Å²) in [6.45, 7) is 0. The fourth-order valence-corrected chi connectivity index (χ4v) is 3.10. The minimum atomic E-state index is -4.43. The van der Waals surface area contributed by atoms with Crippen LogP contribution < -0.4 is 5.30 Å². The Morgan fingerprint density at radius 3 is 1.84 bits per heavy atom. The highest BCUT2D eigenvalue weighted by Crippen LogP contribution is 2.48. The van der Waals surface area contributed by atoms with E-state index >= 15 is 0 Å². The van der Waals surface area contributed by atoms with Crippen molar-refractivity contribution in [2.75, 3.05) is 0 Å². The maximum absolute atomic E-state index is 13.1. The Hall–Kier alpha value is -3.04. The highest BCUT2D eigenvalue weighted by molar-refractivity contribution is 7.63. The van der Waals surface area contributed by atoms with Crippen LogP contribution >= 0.6 is 19.2 Å². The van der Waals surface area contributed by atoms with Gasteiger partial charge in [0.25, 0.3) is 0 Å². The van der Waals surface area contributed by atoms with Crippen molar-refractivity contribution in [3.63, 3.8) is 0 Å². The number of benzene rings is 1. The fourth-order valence-electron chi connectivity index (χ4n) is 1.59. The first kappa shape index (κ1) is 16.8. The summed E-state index contributed by atoms with van der Waals surface area (Å²) in [6, 6.07) is 5.35. The van der Waals surface area contributed by atoms with Crippen molar-refractivity contribution in [2.45, 2.75) is 0 Å². The van der Waals surface area contributed by atoms with E-state index in [1.807, 2.05) is 0 Å². The zero-order valence-corrected chi connectivity index (χ0v) is 13.6. The first-order valence-electron chi connectivity index (χ1n) is 6.39. The molecule has 25 heavy (non-hydrogen) atoms. The first-order valence-corrected chi connectivity index (χ1v) is 8.31. The van der Waals surface area contributed by atoms with Gasteiger partial charge in [-0.2, -0.15) is 0 Å². The number of carbonyl (C=O) groups is 2. The molecule has 0 aliphatic rings. The lowest BCUT2D eigenvalue weighted by Gasteiger charge is -2.24. The second-order valence-corrected chi connectivity index (χ2v) is 6.64. The largest absolute Gasteiger partial charge is 0.469 e. The number of hydrogen-bond donors (Lipinski definition) is 2. The monoisotopic (exact) mass is 380 g/mol. The number of H-pyrrole nitrogens is 2. The van der Waals surface area contributed by atoms with Gasteiger partial charge in [-0.3, -0.25) is 10.2 Å². The Balaban J connectivity index is 1.92. The van der Waals surface area contributed by atoms with E-state index in [1.165, 1.54) is 24.3 Å². The zero-order valence-electron chi connectivity index (χ0n) is 12.0. The van der Waals surface area contributed by atoms with Crippen LogP contribution in [0.2, 0.25) is 5.02 Å². The minimum Gasteiger partial charge on any atom is -0.469 e. The van der Waals surface area contributed by atoms with Gasteiger partial charge in [0.05, 0.1) is 5.30 Å². The molecule has 2 heterocycles. The number of nitrogens with zero attached hydrogens (tertiary/aromatic N) is 4. The van der Waals surface area contributed by atoms with Crippen LogP contribution in [0.25, 0.3) is 0 Å². The second kappa shape index (κ2) is 6.83. The molecule has 0 bridgehead atoms. The highest BCUT2D eigenvalue weighted by atomic mass is 35.5. The Morgan fingerprint density at radius 2 is 1.44 bits per heavy atom. The molecule has 0 fully saturated rings. The normalized spacial score (nSPS) is 11.1. The molecule has 3 rings (SSSR count). The van der Waals surface area contributed by atoms with Crippen molar-refractivity contribution >= 4 is 36.4 Å². The van der Waals surface area contributed by atoms with E-state index in [0.29, 0.717) is 5.02 Å². The lowest BCUT2D eigenvalue weighted by atomic mass is 10.4. The van der Waals surface area contributed by atoms with E-state index in [1.54, 1.807) is 0 Å². The van der Waals surface area contributed by atoms with E-state index in [2.05, 4.69) is 43.2 Å². The molecule has 0 aliphatic heterocycles. The van der Waals surface area contributed by atoms with Crippen LogP contribution in [0.1, 0.15) is 21.0 Å². The van der Waals surface area contributed by atoms with E-state index in [9.17, 15) is 14.2 Å². The molecule has 2 aromatic heterocycles. The maximum Gasteiger partial charge on any atom is 0.433 e. The minimum absolute atomic E-state index is 0.0847. The lowest BCUT2D eigenvalue weighted by Crippen LogP contribution is -2.18. The number of nitrogens with one attached hydrogen (secondary N) is 2. The van der Waals surface area contributed by atoms with Crippen LogP contribution in [-0.4, -0.2) is 42.8 Å². The smallest absolute Gasteiger partial charge is 0.433 e. The first-order chi connectivity index (χ1) is 12.0. The quantitative estimate of drug-likeness (QED) is 0.481. The predicted octanol–water partition coefficient (Wildman–Crippen LogP) is 0.709. The number of halogens is 1. The topological polar surface area (TPSA) is 153 Å². The van der Waals surface area contributed by atoms with E-state index in [0.717, 1.165) is 0 Å². The van der Waals surface area contributed by atoms with Gasteiger partial charge in [-0.15, -0.1) is 0 Å². The summed E-state index contributed by atoms with van der Waals surface area (Å²) in [5.74, 6) is -2.27. The lowest BCUT2D eigenvalue weighted by molar-refractivity contribution is 0.0632. The molecule has 2 N–H and O–H groups in total. The molecule has 0 spiro atoms. The van der Waals surface area contributed by atoms with Gasteiger partial charge < -0.3 is 18.6 Å². The van der Waals surface area contributed by atoms with Gasteiger partial charge in [0.1, 0.15) is 0 Å². The van der Waals surface area contributed by atoms with Crippen LogP contribution in [0.3, 0.4) is 0 Å². The summed E-state index contributed by atoms with van der Waals surface area (Å²) in [4.78, 5) is 24.1. The molecule has 3 aromatic rings. The third-order valence-corrected chi connectivity index (χ3v) is 4.70. The van der Waals surface area contributed by atoms with Gasteiger partial charge in [0, 0.05) is 5.02 Å².